The molecular formula is C15H25N. The highest BCUT2D eigenvalue weighted by Crippen LogP contribution is 2.18. The molecule has 0 atom stereocenters. The second-order valence-corrected chi connectivity index (χ2v) is 5.68. The lowest BCUT2D eigenvalue weighted by molar-refractivity contribution is 0.390. The van der Waals surface area contributed by atoms with Crippen LogP contribution in [0, 0.1) is 5.41 Å². The van der Waals surface area contributed by atoms with Gasteiger partial charge in [-0.15, -0.1) is 0 Å². The molecule has 1 heteroatoms. The van der Waals surface area contributed by atoms with Crippen molar-refractivity contribution in [2.75, 3.05) is 11.9 Å². The fraction of sp³-hybridized carbons (Fsp3) is 0.600. The summed E-state index contributed by atoms with van der Waals surface area (Å²) in [5.41, 5.74) is 3.09. The van der Waals surface area contributed by atoms with E-state index in [9.17, 15) is 0 Å². The monoisotopic (exact) mass is 219 g/mol. The van der Waals surface area contributed by atoms with Crippen LogP contribution in [0.15, 0.2) is 24.3 Å². The van der Waals surface area contributed by atoms with Gasteiger partial charge < -0.3 is 5.32 Å². The van der Waals surface area contributed by atoms with E-state index in [1.807, 2.05) is 0 Å². The molecule has 0 heterocycles. The summed E-state index contributed by atoms with van der Waals surface area (Å²) in [6.45, 7) is 10.1. The van der Waals surface area contributed by atoms with Crippen molar-refractivity contribution >= 4 is 5.69 Å². The molecule has 1 N–H and O–H groups in total. The smallest absolute Gasteiger partial charge is 0.0340 e. The van der Waals surface area contributed by atoms with Gasteiger partial charge >= 0.3 is 0 Å². The maximum absolute atomic E-state index is 3.47. The van der Waals surface area contributed by atoms with Gasteiger partial charge in [-0.2, -0.15) is 0 Å². The van der Waals surface area contributed by atoms with Crippen molar-refractivity contribution < 1.29 is 0 Å². The van der Waals surface area contributed by atoms with E-state index in [2.05, 4.69) is 57.3 Å². The van der Waals surface area contributed by atoms with Crippen molar-refractivity contribution in [2.24, 2.45) is 5.41 Å². The third-order valence-electron chi connectivity index (χ3n) is 2.70. The van der Waals surface area contributed by atoms with Crippen LogP contribution in [0.2, 0.25) is 0 Å². The van der Waals surface area contributed by atoms with Gasteiger partial charge in [0.15, 0.2) is 0 Å². The first-order chi connectivity index (χ1) is 7.51. The highest BCUT2D eigenvalue weighted by Gasteiger charge is 2.08. The van der Waals surface area contributed by atoms with E-state index in [1.54, 1.807) is 0 Å². The van der Waals surface area contributed by atoms with E-state index < -0.39 is 0 Å². The summed E-state index contributed by atoms with van der Waals surface area (Å²) in [5, 5.41) is 3.47. The van der Waals surface area contributed by atoms with Gasteiger partial charge in [-0.1, -0.05) is 46.2 Å². The van der Waals surface area contributed by atoms with Crippen LogP contribution in [-0.4, -0.2) is 6.54 Å². The van der Waals surface area contributed by atoms with Crippen LogP contribution in [0.1, 0.15) is 46.1 Å². The van der Waals surface area contributed by atoms with Crippen molar-refractivity contribution in [1.29, 1.82) is 0 Å². The molecule has 0 bridgehead atoms. The fourth-order valence-electron chi connectivity index (χ4n) is 1.66. The van der Waals surface area contributed by atoms with Gasteiger partial charge in [0.2, 0.25) is 0 Å². The molecule has 0 saturated carbocycles. The Morgan fingerprint density at radius 3 is 2.19 bits per heavy atom. The summed E-state index contributed by atoms with van der Waals surface area (Å²) < 4.78 is 0. The van der Waals surface area contributed by atoms with E-state index in [0.29, 0.717) is 5.41 Å². The summed E-state index contributed by atoms with van der Waals surface area (Å²) >= 11 is 0. The Morgan fingerprint density at radius 1 is 1.06 bits per heavy atom. The number of hydrogen-bond donors (Lipinski definition) is 1. The van der Waals surface area contributed by atoms with Crippen molar-refractivity contribution in [3.05, 3.63) is 29.8 Å². The zero-order chi connectivity index (χ0) is 12.0. The van der Waals surface area contributed by atoms with Crippen LogP contribution in [0.25, 0.3) is 0 Å². The first-order valence-electron chi connectivity index (χ1n) is 6.34. The van der Waals surface area contributed by atoms with Crippen molar-refractivity contribution in [3.63, 3.8) is 0 Å². The summed E-state index contributed by atoms with van der Waals surface area (Å²) in [6.07, 6.45) is 3.60. The van der Waals surface area contributed by atoms with E-state index >= 15 is 0 Å². The molecule has 16 heavy (non-hydrogen) atoms. The molecule has 0 aliphatic rings. The first kappa shape index (κ1) is 13.1. The fourth-order valence-corrected chi connectivity index (χ4v) is 1.66. The third-order valence-corrected chi connectivity index (χ3v) is 2.70. The Bertz CT molecular complexity index is 292. The summed E-state index contributed by atoms with van der Waals surface area (Å²) in [4.78, 5) is 0. The zero-order valence-electron chi connectivity index (χ0n) is 11.1. The molecule has 0 fully saturated rings. The normalized spacial score (nSPS) is 11.5. The standard InChI is InChI=1S/C15H25N/c1-5-6-13-7-9-14(10-8-13)16-12-11-15(2,3)4/h7-10,16H,5-6,11-12H2,1-4H3. The van der Waals surface area contributed by atoms with Crippen LogP contribution in [0.3, 0.4) is 0 Å². The van der Waals surface area contributed by atoms with Gasteiger partial charge in [-0.25, -0.2) is 0 Å². The minimum absolute atomic E-state index is 0.412. The van der Waals surface area contributed by atoms with Gasteiger partial charge in [0, 0.05) is 12.2 Å². The molecule has 1 rings (SSSR count). The zero-order valence-corrected chi connectivity index (χ0v) is 11.1. The molecule has 0 aliphatic carbocycles. The molecule has 0 radical (unpaired) electrons. The number of anilines is 1. The predicted molar refractivity (Wildman–Crippen MR) is 73.0 cm³/mol. The third kappa shape index (κ3) is 5.20. The second kappa shape index (κ2) is 5.93. The molecule has 0 aromatic heterocycles. The Morgan fingerprint density at radius 2 is 1.69 bits per heavy atom. The molecular weight excluding hydrogens is 194 g/mol. The molecule has 0 aliphatic heterocycles. The van der Waals surface area contributed by atoms with Gasteiger partial charge in [0.25, 0.3) is 0 Å². The Hall–Kier alpha value is -0.980. The lowest BCUT2D eigenvalue weighted by Crippen LogP contribution is -2.12. The largest absolute Gasteiger partial charge is 0.385 e. The first-order valence-corrected chi connectivity index (χ1v) is 6.34. The molecule has 0 amide bonds. The molecule has 0 saturated heterocycles. The average molecular weight is 219 g/mol. The van der Waals surface area contributed by atoms with Crippen molar-refractivity contribution in [2.45, 2.75) is 47.0 Å². The molecule has 90 valence electrons. The van der Waals surface area contributed by atoms with Crippen LogP contribution >= 0.6 is 0 Å². The van der Waals surface area contributed by atoms with Crippen LogP contribution in [0.5, 0.6) is 0 Å². The maximum Gasteiger partial charge on any atom is 0.0340 e. The quantitative estimate of drug-likeness (QED) is 0.769. The molecule has 1 aromatic carbocycles. The highest BCUT2D eigenvalue weighted by molar-refractivity contribution is 5.44. The molecule has 0 spiro atoms. The Balaban J connectivity index is 2.37. The van der Waals surface area contributed by atoms with Crippen LogP contribution in [0.4, 0.5) is 5.69 Å². The second-order valence-electron chi connectivity index (χ2n) is 5.68. The van der Waals surface area contributed by atoms with E-state index in [-0.39, 0.29) is 0 Å². The van der Waals surface area contributed by atoms with Crippen LogP contribution < -0.4 is 5.32 Å². The number of aryl methyl sites for hydroxylation is 1. The minimum Gasteiger partial charge on any atom is -0.385 e. The lowest BCUT2D eigenvalue weighted by Gasteiger charge is -2.18. The maximum atomic E-state index is 3.47. The van der Waals surface area contributed by atoms with E-state index in [0.717, 1.165) is 6.54 Å². The Labute approximate surface area is 100 Å². The van der Waals surface area contributed by atoms with Crippen molar-refractivity contribution in [3.8, 4) is 0 Å². The number of nitrogens with one attached hydrogen (secondary N) is 1. The van der Waals surface area contributed by atoms with Gasteiger partial charge in [-0.05, 0) is 36.0 Å². The SMILES string of the molecule is CCCc1ccc(NCCC(C)(C)C)cc1. The molecule has 0 unspecified atom stereocenters. The van der Waals surface area contributed by atoms with Crippen LogP contribution in [-0.2, 0) is 6.42 Å². The summed E-state index contributed by atoms with van der Waals surface area (Å²) in [7, 11) is 0. The molecule has 1 nitrogen and oxygen atoms in total. The van der Waals surface area contributed by atoms with Crippen molar-refractivity contribution in [1.82, 2.24) is 0 Å². The topological polar surface area (TPSA) is 12.0 Å². The summed E-state index contributed by atoms with van der Waals surface area (Å²) in [6, 6.07) is 8.83. The van der Waals surface area contributed by atoms with Gasteiger partial charge in [-0.3, -0.25) is 0 Å². The minimum atomic E-state index is 0.412. The van der Waals surface area contributed by atoms with E-state index in [1.165, 1.54) is 30.5 Å². The number of rotatable bonds is 5. The number of benzene rings is 1. The lowest BCUT2D eigenvalue weighted by atomic mass is 9.92. The average Bonchev–Trinajstić information content (AvgIpc) is 2.19. The molecule has 1 aromatic rings. The van der Waals surface area contributed by atoms with Gasteiger partial charge in [0.1, 0.15) is 0 Å². The number of hydrogen-bond acceptors (Lipinski definition) is 1. The Kier molecular flexibility index (Phi) is 4.85. The highest BCUT2D eigenvalue weighted by atomic mass is 14.9. The van der Waals surface area contributed by atoms with Gasteiger partial charge in [0.05, 0.1) is 0 Å². The predicted octanol–water partition coefficient (Wildman–Crippen LogP) is 4.49. The summed E-state index contributed by atoms with van der Waals surface area (Å²) in [5.74, 6) is 0. The van der Waals surface area contributed by atoms with E-state index in [4.69, 9.17) is 0 Å².